The van der Waals surface area contributed by atoms with Crippen molar-refractivity contribution in [2.75, 3.05) is 10.8 Å². The molecule has 8 heteroatoms. The number of hydrazone groups is 1. The van der Waals surface area contributed by atoms with Gasteiger partial charge in [0.1, 0.15) is 5.78 Å². The summed E-state index contributed by atoms with van der Waals surface area (Å²) in [5, 5.41) is 6.22. The zero-order valence-corrected chi connectivity index (χ0v) is 20.9. The molecule has 1 fully saturated rings. The minimum absolute atomic E-state index is 0.0226. The first-order valence-electron chi connectivity index (χ1n) is 11.9. The lowest BCUT2D eigenvalue weighted by Gasteiger charge is -2.30. The predicted molar refractivity (Wildman–Crippen MR) is 136 cm³/mol. The minimum Gasteiger partial charge on any atom is -0.299 e. The summed E-state index contributed by atoms with van der Waals surface area (Å²) < 4.78 is 24.3. The highest BCUT2D eigenvalue weighted by Crippen LogP contribution is 2.33. The first-order valence-corrected chi connectivity index (χ1v) is 13.6. The number of nitrogens with zero attached hydrogens (tertiary/aromatic N) is 2. The van der Waals surface area contributed by atoms with E-state index in [1.807, 2.05) is 59.6 Å². The van der Waals surface area contributed by atoms with Gasteiger partial charge in [-0.15, -0.1) is 10.6 Å². The van der Waals surface area contributed by atoms with Crippen molar-refractivity contribution in [2.24, 2.45) is 16.9 Å². The van der Waals surface area contributed by atoms with Crippen molar-refractivity contribution in [2.45, 2.75) is 57.6 Å². The van der Waals surface area contributed by atoms with Gasteiger partial charge in [-0.2, -0.15) is 0 Å². The Labute approximate surface area is 202 Å². The standard InChI is InChI=1S/C26H34N4O3S/c1-26(2,3)34(32,33)18-20-11-13-21(14-12-20)24(31)17-19-9-15-22(16-10-19)25-27-28-29-30(25)23-7-5-4-6-8-23/h4-10,15-16,20-21,28-29H,11-14,17-18H2,1-3H3. The number of para-hydroxylation sites is 1. The van der Waals surface area contributed by atoms with Crippen molar-refractivity contribution in [1.82, 2.24) is 11.1 Å². The summed E-state index contributed by atoms with van der Waals surface area (Å²) in [5.41, 5.74) is 8.73. The molecule has 0 unspecified atom stereocenters. The predicted octanol–water partition coefficient (Wildman–Crippen LogP) is 4.01. The molecule has 7 nitrogen and oxygen atoms in total. The van der Waals surface area contributed by atoms with Gasteiger partial charge in [0, 0.05) is 17.9 Å². The molecule has 1 aliphatic carbocycles. The van der Waals surface area contributed by atoms with Crippen LogP contribution in [0, 0.1) is 11.8 Å². The number of amidine groups is 1. The van der Waals surface area contributed by atoms with Crippen molar-refractivity contribution in [3.05, 3.63) is 65.7 Å². The summed E-state index contributed by atoms with van der Waals surface area (Å²) in [6.45, 7) is 5.27. The molecule has 2 aliphatic rings. The van der Waals surface area contributed by atoms with Crippen LogP contribution in [0.1, 0.15) is 57.6 Å². The molecule has 4 rings (SSSR count). The number of hydrogen-bond donors (Lipinski definition) is 2. The van der Waals surface area contributed by atoms with Crippen molar-refractivity contribution >= 4 is 27.1 Å². The Morgan fingerprint density at radius 1 is 1.00 bits per heavy atom. The Kier molecular flexibility index (Phi) is 7.09. The van der Waals surface area contributed by atoms with Gasteiger partial charge in [0.2, 0.25) is 0 Å². The third-order valence-corrected chi connectivity index (χ3v) is 9.61. The summed E-state index contributed by atoms with van der Waals surface area (Å²) in [5.74, 6) is 1.42. The third kappa shape index (κ3) is 5.50. The van der Waals surface area contributed by atoms with E-state index in [2.05, 4.69) is 16.2 Å². The third-order valence-electron chi connectivity index (χ3n) is 6.83. The first-order chi connectivity index (χ1) is 16.1. The molecular formula is C26H34N4O3S. The van der Waals surface area contributed by atoms with E-state index in [0.717, 1.165) is 48.3 Å². The summed E-state index contributed by atoms with van der Waals surface area (Å²) in [4.78, 5) is 12.9. The monoisotopic (exact) mass is 482 g/mol. The average Bonchev–Trinajstić information content (AvgIpc) is 3.30. The van der Waals surface area contributed by atoms with E-state index >= 15 is 0 Å². The maximum absolute atomic E-state index is 12.9. The maximum atomic E-state index is 12.9. The molecule has 1 saturated carbocycles. The van der Waals surface area contributed by atoms with Gasteiger partial charge in [-0.05, 0) is 70.1 Å². The highest BCUT2D eigenvalue weighted by Gasteiger charge is 2.34. The second kappa shape index (κ2) is 9.88. The van der Waals surface area contributed by atoms with Crippen molar-refractivity contribution < 1.29 is 13.2 Å². The van der Waals surface area contributed by atoms with Crippen molar-refractivity contribution in [1.29, 1.82) is 0 Å². The van der Waals surface area contributed by atoms with Crippen LogP contribution in [0.25, 0.3) is 0 Å². The molecule has 182 valence electrons. The Balaban J connectivity index is 1.32. The highest BCUT2D eigenvalue weighted by molar-refractivity contribution is 7.92. The number of anilines is 1. The van der Waals surface area contributed by atoms with Crippen LogP contribution in [0.3, 0.4) is 0 Å². The van der Waals surface area contributed by atoms with Gasteiger partial charge >= 0.3 is 0 Å². The Hall–Kier alpha value is -2.71. The molecule has 0 radical (unpaired) electrons. The maximum Gasteiger partial charge on any atom is 0.177 e. The van der Waals surface area contributed by atoms with Gasteiger partial charge in [-0.1, -0.05) is 42.5 Å². The number of nitrogens with one attached hydrogen (secondary N) is 2. The summed E-state index contributed by atoms with van der Waals surface area (Å²) in [6.07, 6.45) is 3.57. The van der Waals surface area contributed by atoms with Crippen LogP contribution in [0.2, 0.25) is 0 Å². The van der Waals surface area contributed by atoms with Crippen molar-refractivity contribution in [3.8, 4) is 0 Å². The number of hydrazine groups is 2. The van der Waals surface area contributed by atoms with Gasteiger partial charge in [0.15, 0.2) is 15.7 Å². The van der Waals surface area contributed by atoms with E-state index < -0.39 is 14.6 Å². The van der Waals surface area contributed by atoms with Gasteiger partial charge in [0.25, 0.3) is 0 Å². The number of Topliss-reactive ketones (excluding diaryl/α,β-unsaturated/α-hetero) is 1. The van der Waals surface area contributed by atoms with Crippen LogP contribution < -0.4 is 16.1 Å². The number of hydrogen-bond acceptors (Lipinski definition) is 7. The zero-order valence-electron chi connectivity index (χ0n) is 20.1. The molecule has 34 heavy (non-hydrogen) atoms. The molecule has 0 amide bonds. The van der Waals surface area contributed by atoms with Gasteiger partial charge in [0.05, 0.1) is 16.2 Å². The Bertz CT molecular complexity index is 1130. The molecule has 0 bridgehead atoms. The van der Waals surface area contributed by atoms with E-state index in [-0.39, 0.29) is 23.4 Å². The van der Waals surface area contributed by atoms with E-state index in [1.54, 1.807) is 20.8 Å². The number of sulfone groups is 1. The van der Waals surface area contributed by atoms with Gasteiger partial charge in [-0.3, -0.25) is 4.79 Å². The Morgan fingerprint density at radius 3 is 2.26 bits per heavy atom. The molecule has 0 spiro atoms. The van der Waals surface area contributed by atoms with Crippen LogP contribution in [-0.4, -0.2) is 30.5 Å². The van der Waals surface area contributed by atoms with E-state index in [0.29, 0.717) is 6.42 Å². The normalized spacial score (nSPS) is 21.1. The Morgan fingerprint density at radius 2 is 1.65 bits per heavy atom. The lowest BCUT2D eigenvalue weighted by atomic mass is 9.79. The van der Waals surface area contributed by atoms with Crippen LogP contribution in [0.4, 0.5) is 5.69 Å². The average molecular weight is 483 g/mol. The minimum atomic E-state index is -3.12. The second-order valence-electron chi connectivity index (χ2n) is 10.3. The first kappa shape index (κ1) is 24.4. The molecule has 0 aromatic heterocycles. The highest BCUT2D eigenvalue weighted by atomic mass is 32.2. The number of benzene rings is 2. The molecule has 2 aromatic carbocycles. The summed E-state index contributed by atoms with van der Waals surface area (Å²) in [6, 6.07) is 17.8. The molecule has 1 aliphatic heterocycles. The van der Waals surface area contributed by atoms with Gasteiger partial charge < -0.3 is 0 Å². The van der Waals surface area contributed by atoms with E-state index in [9.17, 15) is 13.2 Å². The van der Waals surface area contributed by atoms with Gasteiger partial charge in [-0.25, -0.2) is 19.0 Å². The summed E-state index contributed by atoms with van der Waals surface area (Å²) >= 11 is 0. The fourth-order valence-electron chi connectivity index (χ4n) is 4.52. The molecule has 0 atom stereocenters. The fraction of sp³-hybridized carbons (Fsp3) is 0.462. The van der Waals surface area contributed by atoms with Crippen molar-refractivity contribution in [3.63, 3.8) is 0 Å². The quantitative estimate of drug-likeness (QED) is 0.620. The molecule has 0 saturated heterocycles. The van der Waals surface area contributed by atoms with E-state index in [4.69, 9.17) is 0 Å². The van der Waals surface area contributed by atoms with Crippen LogP contribution in [0.5, 0.6) is 0 Å². The SMILES string of the molecule is CC(C)(C)S(=O)(=O)CC1CCC(C(=O)Cc2ccc(C3=NNNN3c3ccccc3)cc2)CC1. The lowest BCUT2D eigenvalue weighted by Crippen LogP contribution is -2.41. The molecule has 1 heterocycles. The van der Waals surface area contributed by atoms with Crippen LogP contribution >= 0.6 is 0 Å². The lowest BCUT2D eigenvalue weighted by molar-refractivity contribution is -0.123. The fourth-order valence-corrected chi connectivity index (χ4v) is 5.97. The van der Waals surface area contributed by atoms with Crippen LogP contribution in [0.15, 0.2) is 59.7 Å². The number of carbonyl (C=O) groups excluding carboxylic acids is 1. The van der Waals surface area contributed by atoms with Crippen LogP contribution in [-0.2, 0) is 21.1 Å². The number of ketones is 1. The molecule has 2 N–H and O–H groups in total. The van der Waals surface area contributed by atoms with E-state index in [1.165, 1.54) is 0 Å². The molecular weight excluding hydrogens is 448 g/mol. The zero-order chi connectivity index (χ0) is 24.3. The molecule has 2 aromatic rings. The summed E-state index contributed by atoms with van der Waals surface area (Å²) in [7, 11) is -3.12. The smallest absolute Gasteiger partial charge is 0.177 e. The number of carbonyl (C=O) groups is 1. The largest absolute Gasteiger partial charge is 0.299 e. The topological polar surface area (TPSA) is 90.9 Å². The second-order valence-corrected chi connectivity index (χ2v) is 13.1. The number of rotatable bonds is 7.